The van der Waals surface area contributed by atoms with Gasteiger partial charge in [-0.15, -0.1) is 0 Å². The van der Waals surface area contributed by atoms with Crippen molar-refractivity contribution >= 4 is 21.8 Å². The maximum Gasteiger partial charge on any atom is 0.371 e. The third-order valence-corrected chi connectivity index (χ3v) is 4.32. The summed E-state index contributed by atoms with van der Waals surface area (Å²) < 4.78 is 29.0. The topological polar surface area (TPSA) is 122 Å². The van der Waals surface area contributed by atoms with Crippen molar-refractivity contribution in [3.8, 4) is 0 Å². The summed E-state index contributed by atoms with van der Waals surface area (Å²) in [7, 11) is -3.57. The lowest BCUT2D eigenvalue weighted by Crippen LogP contribution is -2.07. The zero-order valence-electron chi connectivity index (χ0n) is 11.2. The van der Waals surface area contributed by atoms with E-state index in [4.69, 9.17) is 14.6 Å². The van der Waals surface area contributed by atoms with Crippen molar-refractivity contribution in [2.24, 2.45) is 0 Å². The van der Waals surface area contributed by atoms with E-state index >= 15 is 0 Å². The number of carboxylic acid groups (broad SMARTS) is 2. The summed E-state index contributed by atoms with van der Waals surface area (Å²) in [4.78, 5) is 21.4. The summed E-state index contributed by atoms with van der Waals surface area (Å²) in [6.07, 6.45) is 0. The van der Waals surface area contributed by atoms with E-state index < -0.39 is 27.5 Å². The first-order valence-corrected chi connectivity index (χ1v) is 7.93. The molecule has 116 valence electrons. The van der Waals surface area contributed by atoms with Crippen LogP contribution in [0.3, 0.4) is 0 Å². The van der Waals surface area contributed by atoms with Crippen LogP contribution in [0.5, 0.6) is 0 Å². The average molecular weight is 324 g/mol. The fourth-order valence-electron chi connectivity index (χ4n) is 1.84. The number of hydrogen-bond donors (Lipinski definition) is 2. The van der Waals surface area contributed by atoms with Crippen LogP contribution in [0.25, 0.3) is 0 Å². The van der Waals surface area contributed by atoms with Gasteiger partial charge >= 0.3 is 11.9 Å². The number of furan rings is 1. The predicted octanol–water partition coefficient (Wildman–Crippen LogP) is 1.79. The monoisotopic (exact) mass is 324 g/mol. The lowest BCUT2D eigenvalue weighted by Gasteiger charge is -2.03. The van der Waals surface area contributed by atoms with Crippen molar-refractivity contribution in [3.63, 3.8) is 0 Å². The summed E-state index contributed by atoms with van der Waals surface area (Å²) >= 11 is 0. The predicted molar refractivity (Wildman–Crippen MR) is 75.4 cm³/mol. The molecule has 0 aliphatic rings. The second-order valence-electron chi connectivity index (χ2n) is 4.61. The Morgan fingerprint density at radius 3 is 2.05 bits per heavy atom. The molecule has 22 heavy (non-hydrogen) atoms. The van der Waals surface area contributed by atoms with Crippen molar-refractivity contribution in [1.29, 1.82) is 0 Å². The van der Waals surface area contributed by atoms with E-state index in [0.717, 1.165) is 0 Å². The van der Waals surface area contributed by atoms with Gasteiger partial charge in [0.05, 0.1) is 11.3 Å². The summed E-state index contributed by atoms with van der Waals surface area (Å²) in [5.74, 6) is -3.37. The minimum absolute atomic E-state index is 0.0413. The standard InChI is InChI=1S/C14H12O7S/c15-13(16)10-3-1-9(2-4-10)7-22(19,20)8-11-5-6-12(21-11)14(17)18/h1-6H,7-8H2,(H,15,16)(H,17,18). The molecule has 1 heterocycles. The molecular formula is C14H12O7S. The minimum Gasteiger partial charge on any atom is -0.478 e. The molecule has 1 aromatic carbocycles. The number of hydrogen-bond acceptors (Lipinski definition) is 5. The van der Waals surface area contributed by atoms with E-state index in [-0.39, 0.29) is 22.8 Å². The Bertz CT molecular complexity index is 800. The molecule has 2 aromatic rings. The van der Waals surface area contributed by atoms with Gasteiger partial charge in [-0.25, -0.2) is 18.0 Å². The normalized spacial score (nSPS) is 11.3. The maximum absolute atomic E-state index is 12.0. The van der Waals surface area contributed by atoms with E-state index in [1.165, 1.54) is 36.4 Å². The van der Waals surface area contributed by atoms with Gasteiger partial charge in [-0.05, 0) is 29.8 Å². The molecule has 0 fully saturated rings. The number of sulfone groups is 1. The van der Waals surface area contributed by atoms with Crippen LogP contribution in [0.1, 0.15) is 32.2 Å². The highest BCUT2D eigenvalue weighted by Crippen LogP contribution is 2.16. The molecular weight excluding hydrogens is 312 g/mol. The third-order valence-electron chi connectivity index (χ3n) is 2.82. The SMILES string of the molecule is O=C(O)c1ccc(CS(=O)(=O)Cc2ccc(C(=O)O)o2)cc1. The molecule has 0 aliphatic carbocycles. The largest absolute Gasteiger partial charge is 0.478 e. The van der Waals surface area contributed by atoms with Gasteiger partial charge in [0.1, 0.15) is 11.5 Å². The van der Waals surface area contributed by atoms with Crippen LogP contribution in [0.15, 0.2) is 40.8 Å². The highest BCUT2D eigenvalue weighted by Gasteiger charge is 2.17. The minimum atomic E-state index is -3.57. The Morgan fingerprint density at radius 1 is 0.909 bits per heavy atom. The van der Waals surface area contributed by atoms with E-state index in [2.05, 4.69) is 0 Å². The highest BCUT2D eigenvalue weighted by molar-refractivity contribution is 7.89. The van der Waals surface area contributed by atoms with Crippen molar-refractivity contribution in [1.82, 2.24) is 0 Å². The van der Waals surface area contributed by atoms with Gasteiger partial charge in [0, 0.05) is 0 Å². The van der Waals surface area contributed by atoms with Crippen molar-refractivity contribution < 1.29 is 32.6 Å². The van der Waals surface area contributed by atoms with Gasteiger partial charge in [0.25, 0.3) is 0 Å². The van der Waals surface area contributed by atoms with Crippen LogP contribution in [-0.4, -0.2) is 30.6 Å². The van der Waals surface area contributed by atoms with Crippen LogP contribution in [0.2, 0.25) is 0 Å². The maximum atomic E-state index is 12.0. The number of carboxylic acids is 2. The average Bonchev–Trinajstić information content (AvgIpc) is 2.86. The molecule has 0 saturated heterocycles. The Labute approximate surface area is 125 Å². The molecule has 2 rings (SSSR count). The summed E-state index contributed by atoms with van der Waals surface area (Å²) in [6.45, 7) is 0. The molecule has 1 aromatic heterocycles. The van der Waals surface area contributed by atoms with Crippen LogP contribution >= 0.6 is 0 Å². The van der Waals surface area contributed by atoms with Gasteiger partial charge < -0.3 is 14.6 Å². The molecule has 2 N–H and O–H groups in total. The summed E-state index contributed by atoms with van der Waals surface area (Å²) in [5.41, 5.74) is 0.508. The molecule has 8 heteroatoms. The molecule has 0 radical (unpaired) electrons. The van der Waals surface area contributed by atoms with E-state index in [9.17, 15) is 18.0 Å². The molecule has 0 aliphatic heterocycles. The highest BCUT2D eigenvalue weighted by atomic mass is 32.2. The first kappa shape index (κ1) is 15.8. The molecule has 0 atom stereocenters. The van der Waals surface area contributed by atoms with Gasteiger partial charge in [-0.1, -0.05) is 12.1 Å². The number of benzene rings is 1. The lowest BCUT2D eigenvalue weighted by molar-refractivity contribution is 0.0658. The molecule has 7 nitrogen and oxygen atoms in total. The fourth-order valence-corrected chi connectivity index (χ4v) is 3.23. The van der Waals surface area contributed by atoms with Crippen LogP contribution in [-0.2, 0) is 21.3 Å². The second kappa shape index (κ2) is 6.02. The van der Waals surface area contributed by atoms with Crippen LogP contribution in [0.4, 0.5) is 0 Å². The zero-order chi connectivity index (χ0) is 16.3. The Morgan fingerprint density at radius 2 is 1.55 bits per heavy atom. The van der Waals surface area contributed by atoms with E-state index in [1.807, 2.05) is 0 Å². The van der Waals surface area contributed by atoms with Crippen LogP contribution in [0, 0.1) is 0 Å². The first-order chi connectivity index (χ1) is 10.3. The molecule has 0 amide bonds. The van der Waals surface area contributed by atoms with E-state index in [1.54, 1.807) is 0 Å². The zero-order valence-corrected chi connectivity index (χ0v) is 12.0. The smallest absolute Gasteiger partial charge is 0.371 e. The summed E-state index contributed by atoms with van der Waals surface area (Å²) in [5, 5.41) is 17.5. The first-order valence-electron chi connectivity index (χ1n) is 6.11. The van der Waals surface area contributed by atoms with Crippen molar-refractivity contribution in [3.05, 3.63) is 59.0 Å². The molecule has 0 unspecified atom stereocenters. The van der Waals surface area contributed by atoms with Crippen molar-refractivity contribution in [2.45, 2.75) is 11.5 Å². The molecule has 0 saturated carbocycles. The van der Waals surface area contributed by atoms with Crippen molar-refractivity contribution in [2.75, 3.05) is 0 Å². The second-order valence-corrected chi connectivity index (χ2v) is 6.67. The number of carbonyl (C=O) groups is 2. The Balaban J connectivity index is 2.09. The molecule has 0 spiro atoms. The van der Waals surface area contributed by atoms with Gasteiger partial charge in [-0.2, -0.15) is 0 Å². The van der Waals surface area contributed by atoms with Gasteiger partial charge in [-0.3, -0.25) is 0 Å². The van der Waals surface area contributed by atoms with Crippen LogP contribution < -0.4 is 0 Å². The van der Waals surface area contributed by atoms with E-state index in [0.29, 0.717) is 5.56 Å². The Hall–Kier alpha value is -2.61. The third kappa shape index (κ3) is 3.95. The number of aromatic carboxylic acids is 2. The quantitative estimate of drug-likeness (QED) is 0.830. The van der Waals surface area contributed by atoms with Gasteiger partial charge in [0.15, 0.2) is 9.84 Å². The fraction of sp³-hybridized carbons (Fsp3) is 0.143. The Kier molecular flexibility index (Phi) is 4.32. The summed E-state index contributed by atoms with van der Waals surface area (Å²) in [6, 6.07) is 7.98. The molecule has 0 bridgehead atoms. The lowest BCUT2D eigenvalue weighted by atomic mass is 10.1. The number of rotatable bonds is 6. The van der Waals surface area contributed by atoms with Gasteiger partial charge in [0.2, 0.25) is 5.76 Å².